The van der Waals surface area contributed by atoms with Gasteiger partial charge in [0.1, 0.15) is 6.10 Å². The lowest BCUT2D eigenvalue weighted by Gasteiger charge is -2.26. The predicted molar refractivity (Wildman–Crippen MR) is 73.3 cm³/mol. The highest BCUT2D eigenvalue weighted by Crippen LogP contribution is 2.25. The summed E-state index contributed by atoms with van der Waals surface area (Å²) in [5.74, 6) is -0.988. The molecule has 2 fully saturated rings. The summed E-state index contributed by atoms with van der Waals surface area (Å²) in [6, 6.07) is 0. The Hall–Kier alpha value is -0.750. The number of nitrogens with zero attached hydrogens (tertiary/aromatic N) is 1. The van der Waals surface area contributed by atoms with Gasteiger partial charge in [0.25, 0.3) is 5.91 Å². The standard InChI is InChI=1S/C13H21NO4S/c1-19-9-4-2-3-7-14(8-9)12(15)10-5-6-11(18-10)13(16)17/h9-11H,2-8H2,1H3,(H,16,17)/t9?,10-,11+/m0/s1. The minimum atomic E-state index is -0.965. The first kappa shape index (κ1) is 14.7. The number of thioether (sulfide) groups is 1. The third-order valence-electron chi connectivity index (χ3n) is 3.84. The number of carbonyl (C=O) groups excluding carboxylic acids is 1. The van der Waals surface area contributed by atoms with Crippen LogP contribution in [0.15, 0.2) is 0 Å². The second-order valence-electron chi connectivity index (χ2n) is 5.17. The maximum atomic E-state index is 12.4. The Kier molecular flexibility index (Phi) is 5.10. The highest BCUT2D eigenvalue weighted by Gasteiger charge is 2.37. The Morgan fingerprint density at radius 3 is 2.58 bits per heavy atom. The summed E-state index contributed by atoms with van der Waals surface area (Å²) in [5, 5.41) is 9.38. The Bertz CT molecular complexity index is 350. The van der Waals surface area contributed by atoms with Gasteiger partial charge in [0, 0.05) is 18.3 Å². The minimum absolute atomic E-state index is 0.0234. The van der Waals surface area contributed by atoms with Gasteiger partial charge in [-0.15, -0.1) is 0 Å². The average Bonchev–Trinajstić information content (AvgIpc) is 2.77. The molecule has 6 heteroatoms. The van der Waals surface area contributed by atoms with Crippen molar-refractivity contribution in [1.29, 1.82) is 0 Å². The van der Waals surface area contributed by atoms with Gasteiger partial charge in [-0.25, -0.2) is 4.79 Å². The molecule has 1 N–H and O–H groups in total. The van der Waals surface area contributed by atoms with Crippen LogP contribution < -0.4 is 0 Å². The molecule has 0 aromatic rings. The minimum Gasteiger partial charge on any atom is -0.479 e. The molecule has 2 rings (SSSR count). The van der Waals surface area contributed by atoms with Crippen molar-refractivity contribution in [1.82, 2.24) is 4.90 Å². The molecular formula is C13H21NO4S. The monoisotopic (exact) mass is 287 g/mol. The van der Waals surface area contributed by atoms with Gasteiger partial charge in [0.15, 0.2) is 6.10 Å². The normalized spacial score (nSPS) is 32.1. The van der Waals surface area contributed by atoms with Crippen LogP contribution in [0.4, 0.5) is 0 Å². The van der Waals surface area contributed by atoms with Gasteiger partial charge in [-0.1, -0.05) is 6.42 Å². The van der Waals surface area contributed by atoms with Crippen LogP contribution in [0.5, 0.6) is 0 Å². The third kappa shape index (κ3) is 3.63. The smallest absolute Gasteiger partial charge is 0.332 e. The number of aliphatic carboxylic acids is 1. The number of likely N-dealkylation sites (tertiary alicyclic amines) is 1. The molecule has 0 aliphatic carbocycles. The van der Waals surface area contributed by atoms with Crippen molar-refractivity contribution >= 4 is 23.6 Å². The third-order valence-corrected chi connectivity index (χ3v) is 4.90. The lowest BCUT2D eigenvalue weighted by Crippen LogP contribution is -2.42. The molecule has 2 aliphatic heterocycles. The van der Waals surface area contributed by atoms with Crippen LogP contribution >= 0.6 is 11.8 Å². The lowest BCUT2D eigenvalue weighted by atomic mass is 10.2. The molecule has 5 nitrogen and oxygen atoms in total. The number of ether oxygens (including phenoxy) is 1. The van der Waals surface area contributed by atoms with Gasteiger partial charge in [0.05, 0.1) is 0 Å². The molecule has 0 aromatic heterocycles. The molecule has 0 bridgehead atoms. The summed E-state index contributed by atoms with van der Waals surface area (Å²) in [6.07, 6.45) is 5.00. The van der Waals surface area contributed by atoms with E-state index in [1.54, 1.807) is 11.8 Å². The van der Waals surface area contributed by atoms with Crippen LogP contribution in [0.3, 0.4) is 0 Å². The summed E-state index contributed by atoms with van der Waals surface area (Å²) in [6.45, 7) is 1.53. The summed E-state index contributed by atoms with van der Waals surface area (Å²) in [5.41, 5.74) is 0. The van der Waals surface area contributed by atoms with Gasteiger partial charge >= 0.3 is 5.97 Å². The number of carbonyl (C=O) groups is 2. The summed E-state index contributed by atoms with van der Waals surface area (Å²) in [7, 11) is 0. The van der Waals surface area contributed by atoms with E-state index in [-0.39, 0.29) is 5.91 Å². The summed E-state index contributed by atoms with van der Waals surface area (Å²) < 4.78 is 5.35. The molecule has 19 heavy (non-hydrogen) atoms. The molecule has 0 aromatic carbocycles. The van der Waals surface area contributed by atoms with Gasteiger partial charge in [-0.2, -0.15) is 11.8 Å². The van der Waals surface area contributed by atoms with Crippen LogP contribution in [0.25, 0.3) is 0 Å². The molecule has 0 radical (unpaired) electrons. The number of amides is 1. The second-order valence-corrected chi connectivity index (χ2v) is 6.30. The van der Waals surface area contributed by atoms with Crippen molar-refractivity contribution in [3.05, 3.63) is 0 Å². The molecular weight excluding hydrogens is 266 g/mol. The van der Waals surface area contributed by atoms with E-state index >= 15 is 0 Å². The van der Waals surface area contributed by atoms with Crippen molar-refractivity contribution in [3.8, 4) is 0 Å². The zero-order chi connectivity index (χ0) is 13.8. The van der Waals surface area contributed by atoms with Crippen molar-refractivity contribution < 1.29 is 19.4 Å². The van der Waals surface area contributed by atoms with E-state index in [0.717, 1.165) is 32.4 Å². The van der Waals surface area contributed by atoms with Gasteiger partial charge < -0.3 is 14.7 Å². The van der Waals surface area contributed by atoms with E-state index in [2.05, 4.69) is 6.26 Å². The number of hydrogen-bond donors (Lipinski definition) is 1. The van der Waals surface area contributed by atoms with E-state index in [9.17, 15) is 9.59 Å². The maximum Gasteiger partial charge on any atom is 0.332 e. The van der Waals surface area contributed by atoms with Crippen LogP contribution in [0.1, 0.15) is 32.1 Å². The SMILES string of the molecule is CSC1CCCCN(C(=O)[C@@H]2CC[C@H](C(=O)O)O2)C1. The Morgan fingerprint density at radius 1 is 1.21 bits per heavy atom. The zero-order valence-electron chi connectivity index (χ0n) is 11.2. The quantitative estimate of drug-likeness (QED) is 0.849. The van der Waals surface area contributed by atoms with Crippen LogP contribution in [0.2, 0.25) is 0 Å². The predicted octanol–water partition coefficient (Wildman–Crippen LogP) is 1.36. The fraction of sp³-hybridized carbons (Fsp3) is 0.846. The molecule has 0 spiro atoms. The molecule has 1 amide bonds. The van der Waals surface area contributed by atoms with Crippen molar-refractivity contribution in [2.75, 3.05) is 19.3 Å². The highest BCUT2D eigenvalue weighted by atomic mass is 32.2. The molecule has 108 valence electrons. The van der Waals surface area contributed by atoms with Gasteiger partial charge in [0.2, 0.25) is 0 Å². The van der Waals surface area contributed by atoms with Crippen LogP contribution in [-0.2, 0) is 14.3 Å². The molecule has 2 heterocycles. The molecule has 2 aliphatic rings. The number of carboxylic acid groups (broad SMARTS) is 1. The first-order valence-electron chi connectivity index (χ1n) is 6.81. The molecule has 0 saturated carbocycles. The average molecular weight is 287 g/mol. The van der Waals surface area contributed by atoms with E-state index in [0.29, 0.717) is 18.1 Å². The summed E-state index contributed by atoms with van der Waals surface area (Å²) in [4.78, 5) is 25.1. The second kappa shape index (κ2) is 6.61. The Balaban J connectivity index is 1.93. The lowest BCUT2D eigenvalue weighted by molar-refractivity contribution is -0.154. The molecule has 3 atom stereocenters. The van der Waals surface area contributed by atoms with E-state index < -0.39 is 18.2 Å². The van der Waals surface area contributed by atoms with Gasteiger partial charge in [-0.05, 0) is 31.9 Å². The Labute approximate surface area is 117 Å². The number of rotatable bonds is 3. The fourth-order valence-electron chi connectivity index (χ4n) is 2.70. The van der Waals surface area contributed by atoms with Crippen molar-refractivity contribution in [3.63, 3.8) is 0 Å². The molecule has 2 saturated heterocycles. The number of hydrogen-bond acceptors (Lipinski definition) is 4. The van der Waals surface area contributed by atoms with E-state index in [1.165, 1.54) is 0 Å². The molecule has 1 unspecified atom stereocenters. The van der Waals surface area contributed by atoms with Gasteiger partial charge in [-0.3, -0.25) is 4.79 Å². The fourth-order valence-corrected chi connectivity index (χ4v) is 3.43. The highest BCUT2D eigenvalue weighted by molar-refractivity contribution is 7.99. The van der Waals surface area contributed by atoms with Crippen LogP contribution in [0, 0.1) is 0 Å². The Morgan fingerprint density at radius 2 is 1.95 bits per heavy atom. The first-order valence-corrected chi connectivity index (χ1v) is 8.10. The number of carboxylic acids is 1. The zero-order valence-corrected chi connectivity index (χ0v) is 12.0. The van der Waals surface area contributed by atoms with E-state index in [4.69, 9.17) is 9.84 Å². The van der Waals surface area contributed by atoms with E-state index in [1.807, 2.05) is 4.90 Å². The largest absolute Gasteiger partial charge is 0.479 e. The summed E-state index contributed by atoms with van der Waals surface area (Å²) >= 11 is 1.80. The maximum absolute atomic E-state index is 12.4. The van der Waals surface area contributed by atoms with Crippen LogP contribution in [-0.4, -0.2) is 58.7 Å². The van der Waals surface area contributed by atoms with Crippen molar-refractivity contribution in [2.45, 2.75) is 49.6 Å². The topological polar surface area (TPSA) is 66.8 Å². The first-order chi connectivity index (χ1) is 9.11. The van der Waals surface area contributed by atoms with Crippen molar-refractivity contribution in [2.24, 2.45) is 0 Å².